The molecule has 1 aromatic carbocycles. The zero-order chi connectivity index (χ0) is 13.5. The lowest BCUT2D eigenvalue weighted by atomic mass is 10.2. The minimum atomic E-state index is -0.411. The molecule has 0 aromatic heterocycles. The quantitative estimate of drug-likeness (QED) is 0.439. The zero-order valence-corrected chi connectivity index (χ0v) is 12.6. The van der Waals surface area contributed by atoms with Crippen molar-refractivity contribution in [3.8, 4) is 17.2 Å². The van der Waals surface area contributed by atoms with Gasteiger partial charge in [0.05, 0.1) is 26.9 Å². The Balaban J connectivity index is 3.10. The Hall–Kier alpha value is -1.18. The molecule has 0 N–H and O–H groups in total. The lowest BCUT2D eigenvalue weighted by molar-refractivity contribution is 0.0532. The van der Waals surface area contributed by atoms with Gasteiger partial charge in [0.2, 0.25) is 5.75 Å². The Morgan fingerprint density at radius 3 is 2.06 bits per heavy atom. The molecule has 0 heterocycles. The van der Waals surface area contributed by atoms with Gasteiger partial charge in [0.25, 0.3) is 0 Å². The maximum atomic E-state index is 11.8. The largest absolute Gasteiger partial charge is 0.493 e. The van der Waals surface area contributed by atoms with Gasteiger partial charge < -0.3 is 18.9 Å². The van der Waals surface area contributed by atoms with Crippen LogP contribution < -0.4 is 14.2 Å². The molecule has 0 saturated carbocycles. The third-order valence-electron chi connectivity index (χ3n) is 2.21. The summed E-state index contributed by atoms with van der Waals surface area (Å²) in [6, 6.07) is 3.13. The maximum absolute atomic E-state index is 11.8. The van der Waals surface area contributed by atoms with Crippen molar-refractivity contribution in [3.05, 3.63) is 17.7 Å². The second-order valence-corrected chi connectivity index (χ2v) is 4.32. The molecular weight excluding hydrogens is 351 g/mol. The summed E-state index contributed by atoms with van der Waals surface area (Å²) in [5.74, 6) is 0.896. The van der Waals surface area contributed by atoms with Crippen LogP contribution in [0.4, 0.5) is 0 Å². The second kappa shape index (κ2) is 7.30. The second-order valence-electron chi connectivity index (χ2n) is 3.24. The van der Waals surface area contributed by atoms with Crippen molar-refractivity contribution in [2.45, 2.75) is 0 Å². The van der Waals surface area contributed by atoms with E-state index in [-0.39, 0.29) is 0 Å². The highest BCUT2D eigenvalue weighted by Gasteiger charge is 2.17. The number of hydrogen-bond acceptors (Lipinski definition) is 5. The van der Waals surface area contributed by atoms with E-state index in [4.69, 9.17) is 18.9 Å². The molecule has 6 heteroatoms. The lowest BCUT2D eigenvalue weighted by Crippen LogP contribution is -2.08. The molecule has 0 aliphatic rings. The molecule has 100 valence electrons. The summed E-state index contributed by atoms with van der Waals surface area (Å²) >= 11 is 2.13. The summed E-state index contributed by atoms with van der Waals surface area (Å²) < 4.78 is 21.3. The number of benzene rings is 1. The van der Waals surface area contributed by atoms with Crippen LogP contribution in [0, 0.1) is 0 Å². The van der Waals surface area contributed by atoms with Crippen LogP contribution in [0.3, 0.4) is 0 Å². The van der Waals surface area contributed by atoms with Gasteiger partial charge in [-0.25, -0.2) is 4.79 Å². The van der Waals surface area contributed by atoms with E-state index in [0.717, 1.165) is 4.43 Å². The summed E-state index contributed by atoms with van der Waals surface area (Å²) in [4.78, 5) is 11.8. The van der Waals surface area contributed by atoms with Crippen molar-refractivity contribution >= 4 is 28.6 Å². The number of carbonyl (C=O) groups is 1. The van der Waals surface area contributed by atoms with E-state index in [9.17, 15) is 4.79 Å². The average Bonchev–Trinajstić information content (AvgIpc) is 2.42. The summed E-state index contributed by atoms with van der Waals surface area (Å²) in [5.41, 5.74) is 0.370. The number of esters is 1. The maximum Gasteiger partial charge on any atom is 0.338 e. The number of hydrogen-bond donors (Lipinski definition) is 0. The van der Waals surface area contributed by atoms with Gasteiger partial charge in [0.15, 0.2) is 11.5 Å². The van der Waals surface area contributed by atoms with Crippen molar-refractivity contribution in [3.63, 3.8) is 0 Å². The Kier molecular flexibility index (Phi) is 6.03. The highest BCUT2D eigenvalue weighted by atomic mass is 127. The van der Waals surface area contributed by atoms with Gasteiger partial charge in [-0.05, 0) is 12.1 Å². The van der Waals surface area contributed by atoms with Crippen LogP contribution in [-0.4, -0.2) is 38.3 Å². The van der Waals surface area contributed by atoms with Crippen molar-refractivity contribution in [2.75, 3.05) is 32.4 Å². The number of alkyl halides is 1. The smallest absolute Gasteiger partial charge is 0.338 e. The van der Waals surface area contributed by atoms with Gasteiger partial charge in [0.1, 0.15) is 6.61 Å². The van der Waals surface area contributed by atoms with E-state index in [1.54, 1.807) is 12.1 Å². The van der Waals surface area contributed by atoms with Crippen molar-refractivity contribution in [1.82, 2.24) is 0 Å². The third kappa shape index (κ3) is 3.41. The molecule has 0 radical (unpaired) electrons. The number of ether oxygens (including phenoxy) is 4. The Morgan fingerprint density at radius 1 is 1.11 bits per heavy atom. The van der Waals surface area contributed by atoms with Crippen LogP contribution in [0.15, 0.2) is 12.1 Å². The molecule has 0 spiro atoms. The van der Waals surface area contributed by atoms with Gasteiger partial charge >= 0.3 is 5.97 Å². The fraction of sp³-hybridized carbons (Fsp3) is 0.417. The molecule has 0 aliphatic carbocycles. The monoisotopic (exact) mass is 366 g/mol. The van der Waals surface area contributed by atoms with Gasteiger partial charge in [0, 0.05) is 4.43 Å². The SMILES string of the molecule is COc1cc(C(=O)OCCI)cc(OC)c1OC. The van der Waals surface area contributed by atoms with E-state index in [0.29, 0.717) is 29.4 Å². The van der Waals surface area contributed by atoms with Crippen molar-refractivity contribution in [1.29, 1.82) is 0 Å². The fourth-order valence-corrected chi connectivity index (χ4v) is 1.63. The average molecular weight is 366 g/mol. The molecule has 1 aromatic rings. The topological polar surface area (TPSA) is 54.0 Å². The first kappa shape index (κ1) is 14.9. The van der Waals surface area contributed by atoms with Crippen LogP contribution in [0.5, 0.6) is 17.2 Å². The van der Waals surface area contributed by atoms with E-state index < -0.39 is 5.97 Å². The van der Waals surface area contributed by atoms with Crippen molar-refractivity contribution in [2.24, 2.45) is 0 Å². The standard InChI is InChI=1S/C12H15IO5/c1-15-9-6-8(12(14)18-5-4-13)7-10(16-2)11(9)17-3/h6-7H,4-5H2,1-3H3. The molecular formula is C12H15IO5. The van der Waals surface area contributed by atoms with Gasteiger partial charge in [-0.2, -0.15) is 0 Å². The molecule has 0 fully saturated rings. The van der Waals surface area contributed by atoms with E-state index in [2.05, 4.69) is 22.6 Å². The van der Waals surface area contributed by atoms with Crippen LogP contribution >= 0.6 is 22.6 Å². The molecule has 5 nitrogen and oxygen atoms in total. The summed E-state index contributed by atoms with van der Waals surface area (Å²) in [5, 5.41) is 0. The lowest BCUT2D eigenvalue weighted by Gasteiger charge is -2.13. The predicted molar refractivity (Wildman–Crippen MR) is 75.3 cm³/mol. The molecule has 1 rings (SSSR count). The van der Waals surface area contributed by atoms with E-state index >= 15 is 0 Å². The molecule has 0 unspecified atom stereocenters. The molecule has 0 amide bonds. The first-order valence-electron chi connectivity index (χ1n) is 5.21. The summed E-state index contributed by atoms with van der Waals surface area (Å²) in [7, 11) is 4.50. The van der Waals surface area contributed by atoms with Crippen LogP contribution in [0.1, 0.15) is 10.4 Å². The zero-order valence-electron chi connectivity index (χ0n) is 10.5. The van der Waals surface area contributed by atoms with Gasteiger partial charge in [-0.3, -0.25) is 0 Å². The number of methoxy groups -OCH3 is 3. The van der Waals surface area contributed by atoms with Crippen molar-refractivity contribution < 1.29 is 23.7 Å². The molecule has 0 bridgehead atoms. The van der Waals surface area contributed by atoms with E-state index in [1.165, 1.54) is 21.3 Å². The minimum Gasteiger partial charge on any atom is -0.493 e. The van der Waals surface area contributed by atoms with E-state index in [1.807, 2.05) is 0 Å². The van der Waals surface area contributed by atoms with Crippen LogP contribution in [0.2, 0.25) is 0 Å². The first-order chi connectivity index (χ1) is 8.67. The first-order valence-corrected chi connectivity index (χ1v) is 6.73. The normalized spacial score (nSPS) is 9.78. The Bertz CT molecular complexity index is 394. The van der Waals surface area contributed by atoms with Crippen LogP contribution in [0.25, 0.3) is 0 Å². The Morgan fingerprint density at radius 2 is 1.67 bits per heavy atom. The number of carbonyl (C=O) groups excluding carboxylic acids is 1. The number of rotatable bonds is 6. The van der Waals surface area contributed by atoms with Gasteiger partial charge in [-0.15, -0.1) is 0 Å². The summed E-state index contributed by atoms with van der Waals surface area (Å²) in [6.45, 7) is 0.371. The highest BCUT2D eigenvalue weighted by Crippen LogP contribution is 2.38. The predicted octanol–water partition coefficient (Wildman–Crippen LogP) is 2.30. The highest BCUT2D eigenvalue weighted by molar-refractivity contribution is 14.1. The van der Waals surface area contributed by atoms with Crippen LogP contribution in [-0.2, 0) is 4.74 Å². The molecule has 0 atom stereocenters. The third-order valence-corrected chi connectivity index (χ3v) is 2.65. The molecule has 0 saturated heterocycles. The molecule has 18 heavy (non-hydrogen) atoms. The molecule has 0 aliphatic heterocycles. The number of halogens is 1. The van der Waals surface area contributed by atoms with Gasteiger partial charge in [-0.1, -0.05) is 22.6 Å². The fourth-order valence-electron chi connectivity index (χ4n) is 1.41. The Labute approximate surface area is 119 Å². The minimum absolute atomic E-state index is 0.370. The summed E-state index contributed by atoms with van der Waals surface area (Å²) in [6.07, 6.45) is 0.